The maximum absolute atomic E-state index is 11.9. The molecule has 1 aromatic rings. The number of carbonyl (C=O) groups excluding carboxylic acids is 1. The van der Waals surface area contributed by atoms with Crippen LogP contribution in [0, 0.1) is 0 Å². The molecular weight excluding hydrogens is 276 g/mol. The fourth-order valence-electron chi connectivity index (χ4n) is 1.35. The topological polar surface area (TPSA) is 80.5 Å². The van der Waals surface area contributed by atoms with Crippen molar-refractivity contribution >= 4 is 27.5 Å². The van der Waals surface area contributed by atoms with Crippen LogP contribution < -0.4 is 5.14 Å². The monoisotopic (exact) mass is 288 g/mol. The van der Waals surface area contributed by atoms with Crippen molar-refractivity contribution in [1.82, 2.24) is 4.90 Å². The number of benzene rings is 1. The van der Waals surface area contributed by atoms with Gasteiger partial charge in [0.1, 0.15) is 0 Å². The minimum atomic E-state index is -3.89. The van der Waals surface area contributed by atoms with E-state index in [1.807, 2.05) is 0 Å². The number of primary sulfonamides is 1. The summed E-state index contributed by atoms with van der Waals surface area (Å²) in [5, 5.41) is 5.14. The number of hydrogen-bond donors (Lipinski definition) is 1. The fraction of sp³-hybridized carbons (Fsp3) is 0.182. The smallest absolute Gasteiger partial charge is 0.253 e. The molecule has 0 atom stereocenters. The van der Waals surface area contributed by atoms with Gasteiger partial charge in [-0.15, -0.1) is 6.58 Å². The molecule has 0 spiro atoms. The van der Waals surface area contributed by atoms with Gasteiger partial charge < -0.3 is 4.90 Å². The molecular formula is C11H13ClN2O3S. The van der Waals surface area contributed by atoms with Gasteiger partial charge >= 0.3 is 0 Å². The van der Waals surface area contributed by atoms with Gasteiger partial charge in [0, 0.05) is 24.2 Å². The van der Waals surface area contributed by atoms with Crippen LogP contribution in [0.1, 0.15) is 10.4 Å². The molecule has 0 aliphatic carbocycles. The van der Waals surface area contributed by atoms with Gasteiger partial charge in [-0.3, -0.25) is 4.79 Å². The molecule has 1 rings (SSSR count). The molecule has 18 heavy (non-hydrogen) atoms. The Morgan fingerprint density at radius 1 is 1.50 bits per heavy atom. The lowest BCUT2D eigenvalue weighted by Gasteiger charge is -2.15. The highest BCUT2D eigenvalue weighted by Gasteiger charge is 2.16. The first-order chi connectivity index (χ1) is 8.25. The second-order valence-electron chi connectivity index (χ2n) is 3.69. The van der Waals surface area contributed by atoms with Crippen molar-refractivity contribution in [3.05, 3.63) is 41.4 Å². The Kier molecular flexibility index (Phi) is 4.50. The largest absolute Gasteiger partial charge is 0.338 e. The van der Waals surface area contributed by atoms with Crippen molar-refractivity contribution in [3.8, 4) is 0 Å². The highest BCUT2D eigenvalue weighted by Crippen LogP contribution is 2.19. The second-order valence-corrected chi connectivity index (χ2v) is 5.69. The molecule has 1 aromatic carbocycles. The number of rotatable bonds is 4. The molecule has 98 valence electrons. The van der Waals surface area contributed by atoms with Gasteiger partial charge in [0.2, 0.25) is 10.0 Å². The van der Waals surface area contributed by atoms with Crippen molar-refractivity contribution in [1.29, 1.82) is 0 Å². The van der Waals surface area contributed by atoms with Gasteiger partial charge in [-0.05, 0) is 18.2 Å². The van der Waals surface area contributed by atoms with E-state index < -0.39 is 10.0 Å². The lowest BCUT2D eigenvalue weighted by atomic mass is 10.2. The summed E-state index contributed by atoms with van der Waals surface area (Å²) in [7, 11) is -2.32. The zero-order valence-corrected chi connectivity index (χ0v) is 11.3. The number of hydrogen-bond acceptors (Lipinski definition) is 3. The van der Waals surface area contributed by atoms with E-state index in [0.717, 1.165) is 0 Å². The van der Waals surface area contributed by atoms with Crippen LogP contribution in [0.25, 0.3) is 0 Å². The van der Waals surface area contributed by atoms with Crippen molar-refractivity contribution < 1.29 is 13.2 Å². The maximum Gasteiger partial charge on any atom is 0.253 e. The molecule has 0 saturated carbocycles. The van der Waals surface area contributed by atoms with Crippen LogP contribution in [0.15, 0.2) is 35.7 Å². The third-order valence-corrected chi connectivity index (χ3v) is 3.31. The Bertz CT molecular complexity index is 584. The zero-order valence-electron chi connectivity index (χ0n) is 9.76. The summed E-state index contributed by atoms with van der Waals surface area (Å²) in [6.07, 6.45) is 1.56. The Labute approximate surface area is 111 Å². The number of nitrogens with two attached hydrogens (primary N) is 1. The molecule has 0 aromatic heterocycles. The second kappa shape index (κ2) is 5.51. The van der Waals surface area contributed by atoms with Crippen LogP contribution in [0.4, 0.5) is 0 Å². The normalized spacial score (nSPS) is 11.1. The van der Waals surface area contributed by atoms with E-state index in [2.05, 4.69) is 6.58 Å². The zero-order chi connectivity index (χ0) is 13.9. The van der Waals surface area contributed by atoms with Crippen molar-refractivity contribution in [2.24, 2.45) is 5.14 Å². The first kappa shape index (κ1) is 14.7. The van der Waals surface area contributed by atoms with E-state index in [9.17, 15) is 13.2 Å². The van der Waals surface area contributed by atoms with E-state index in [1.165, 1.54) is 23.1 Å². The van der Waals surface area contributed by atoms with Gasteiger partial charge in [-0.25, -0.2) is 13.6 Å². The van der Waals surface area contributed by atoms with Gasteiger partial charge in [-0.1, -0.05) is 17.7 Å². The summed E-state index contributed by atoms with van der Waals surface area (Å²) in [6, 6.07) is 3.78. The van der Waals surface area contributed by atoms with Crippen LogP contribution >= 0.6 is 11.6 Å². The Morgan fingerprint density at radius 3 is 2.61 bits per heavy atom. The van der Waals surface area contributed by atoms with E-state index in [0.29, 0.717) is 6.54 Å². The van der Waals surface area contributed by atoms with Crippen LogP contribution in [0.2, 0.25) is 5.02 Å². The van der Waals surface area contributed by atoms with Gasteiger partial charge in [0.25, 0.3) is 5.91 Å². The predicted molar refractivity (Wildman–Crippen MR) is 70.0 cm³/mol. The third kappa shape index (κ3) is 3.56. The highest BCUT2D eigenvalue weighted by molar-refractivity contribution is 7.89. The predicted octanol–water partition coefficient (Wildman–Crippen LogP) is 1.25. The number of halogens is 1. The molecule has 2 N–H and O–H groups in total. The third-order valence-electron chi connectivity index (χ3n) is 2.20. The number of nitrogens with zero attached hydrogens (tertiary/aromatic N) is 1. The van der Waals surface area contributed by atoms with Gasteiger partial charge in [0.05, 0.1) is 4.90 Å². The lowest BCUT2D eigenvalue weighted by Crippen LogP contribution is -2.27. The number of carbonyl (C=O) groups is 1. The average Bonchev–Trinajstić information content (AvgIpc) is 2.26. The molecule has 0 saturated heterocycles. The fourth-order valence-corrected chi connectivity index (χ4v) is 2.23. The quantitative estimate of drug-likeness (QED) is 0.847. The number of sulfonamides is 1. The molecule has 0 aliphatic heterocycles. The number of likely N-dealkylation sites (N-methyl/N-ethyl adjacent to an activating group) is 1. The van der Waals surface area contributed by atoms with E-state index in [4.69, 9.17) is 16.7 Å². The molecule has 0 radical (unpaired) electrons. The summed E-state index contributed by atoms with van der Waals surface area (Å²) in [6.45, 7) is 3.86. The van der Waals surface area contributed by atoms with Crippen LogP contribution in [-0.4, -0.2) is 32.8 Å². The summed E-state index contributed by atoms with van der Waals surface area (Å²) in [5.41, 5.74) is 0.163. The Balaban J connectivity index is 3.22. The molecule has 7 heteroatoms. The summed E-state index contributed by atoms with van der Waals surface area (Å²) < 4.78 is 22.5. The molecule has 0 aliphatic rings. The van der Waals surface area contributed by atoms with E-state index in [-0.39, 0.29) is 21.4 Å². The van der Waals surface area contributed by atoms with Crippen LogP contribution in [0.3, 0.4) is 0 Å². The van der Waals surface area contributed by atoms with Gasteiger partial charge in [0.15, 0.2) is 0 Å². The van der Waals surface area contributed by atoms with Gasteiger partial charge in [-0.2, -0.15) is 0 Å². The molecule has 5 nitrogen and oxygen atoms in total. The highest BCUT2D eigenvalue weighted by atomic mass is 35.5. The molecule has 1 amide bonds. The first-order valence-corrected chi connectivity index (χ1v) is 6.88. The van der Waals surface area contributed by atoms with Crippen LogP contribution in [0.5, 0.6) is 0 Å². The maximum atomic E-state index is 11.9. The van der Waals surface area contributed by atoms with Crippen LogP contribution in [-0.2, 0) is 10.0 Å². The standard InChI is InChI=1S/C11H13ClN2O3S/c1-3-4-14(2)11(15)8-5-9(12)7-10(6-8)18(13,16)17/h3,5-7H,1,4H2,2H3,(H2,13,16,17). The van der Waals surface area contributed by atoms with Crippen molar-refractivity contribution in [2.75, 3.05) is 13.6 Å². The Hall–Kier alpha value is -1.37. The SMILES string of the molecule is C=CCN(C)C(=O)c1cc(Cl)cc(S(N)(=O)=O)c1. The molecule has 0 unspecified atom stereocenters. The summed E-state index contributed by atoms with van der Waals surface area (Å²) in [5.74, 6) is -0.359. The molecule has 0 fully saturated rings. The summed E-state index contributed by atoms with van der Waals surface area (Å²) >= 11 is 5.77. The average molecular weight is 289 g/mol. The minimum absolute atomic E-state index is 0.136. The number of amides is 1. The van der Waals surface area contributed by atoms with Crippen molar-refractivity contribution in [3.63, 3.8) is 0 Å². The van der Waals surface area contributed by atoms with Crippen molar-refractivity contribution in [2.45, 2.75) is 4.90 Å². The minimum Gasteiger partial charge on any atom is -0.338 e. The first-order valence-electron chi connectivity index (χ1n) is 4.95. The van der Waals surface area contributed by atoms with E-state index in [1.54, 1.807) is 13.1 Å². The molecule has 0 heterocycles. The molecule has 0 bridgehead atoms. The van der Waals surface area contributed by atoms with E-state index >= 15 is 0 Å². The Morgan fingerprint density at radius 2 is 2.11 bits per heavy atom. The lowest BCUT2D eigenvalue weighted by molar-refractivity contribution is 0.0810. The summed E-state index contributed by atoms with van der Waals surface area (Å²) in [4.78, 5) is 13.1.